The monoisotopic (exact) mass is 327 g/mol. The lowest BCUT2D eigenvalue weighted by atomic mass is 9.49. The highest BCUT2D eigenvalue weighted by molar-refractivity contribution is 5.76. The van der Waals surface area contributed by atoms with Crippen molar-refractivity contribution in [1.29, 1.82) is 0 Å². The number of aliphatic hydroxyl groups excluding tert-OH is 1. The number of rotatable bonds is 6. The molecule has 0 spiro atoms. The van der Waals surface area contributed by atoms with Crippen LogP contribution in [0.15, 0.2) is 30.3 Å². The van der Waals surface area contributed by atoms with Crippen LogP contribution in [0, 0.1) is 23.2 Å². The van der Waals surface area contributed by atoms with Crippen LogP contribution in [0.5, 0.6) is 0 Å². The summed E-state index contributed by atoms with van der Waals surface area (Å²) in [6.45, 7) is 0.361. The number of amides is 1. The van der Waals surface area contributed by atoms with E-state index in [0.29, 0.717) is 19.4 Å². The molecular weight excluding hydrogens is 298 g/mol. The second-order valence-corrected chi connectivity index (χ2v) is 8.74. The van der Waals surface area contributed by atoms with E-state index in [1.54, 1.807) is 0 Å². The number of hydrogen-bond acceptors (Lipinski definition) is 2. The number of nitrogens with one attached hydrogen (secondary N) is 1. The Morgan fingerprint density at radius 2 is 1.67 bits per heavy atom. The van der Waals surface area contributed by atoms with Gasteiger partial charge in [-0.1, -0.05) is 30.3 Å². The Morgan fingerprint density at radius 3 is 2.25 bits per heavy atom. The second kappa shape index (κ2) is 6.51. The van der Waals surface area contributed by atoms with Gasteiger partial charge in [0.25, 0.3) is 0 Å². The van der Waals surface area contributed by atoms with Gasteiger partial charge in [-0.2, -0.15) is 0 Å². The van der Waals surface area contributed by atoms with Gasteiger partial charge in [-0.25, -0.2) is 0 Å². The van der Waals surface area contributed by atoms with Crippen LogP contribution in [0.3, 0.4) is 0 Å². The van der Waals surface area contributed by atoms with Crippen molar-refractivity contribution in [2.45, 2.75) is 57.5 Å². The van der Waals surface area contributed by atoms with E-state index in [1.807, 2.05) is 30.3 Å². The quantitative estimate of drug-likeness (QED) is 0.842. The summed E-state index contributed by atoms with van der Waals surface area (Å²) in [5.74, 6) is 2.79. The molecule has 3 heteroatoms. The van der Waals surface area contributed by atoms with Crippen LogP contribution in [-0.4, -0.2) is 23.7 Å². The molecule has 0 radical (unpaired) electrons. The molecule has 4 aliphatic rings. The van der Waals surface area contributed by atoms with Crippen molar-refractivity contribution >= 4 is 5.91 Å². The highest BCUT2D eigenvalue weighted by Gasteiger charge is 2.51. The predicted octanol–water partition coefficient (Wildman–Crippen LogP) is 3.31. The maximum absolute atomic E-state index is 12.5. The Balaban J connectivity index is 1.26. The summed E-state index contributed by atoms with van der Waals surface area (Å²) in [5.41, 5.74) is 1.39. The third-order valence-corrected chi connectivity index (χ3v) is 6.55. The van der Waals surface area contributed by atoms with E-state index in [4.69, 9.17) is 0 Å². The van der Waals surface area contributed by atoms with Gasteiger partial charge in [0.15, 0.2) is 0 Å². The lowest BCUT2D eigenvalue weighted by Crippen LogP contribution is -2.48. The van der Waals surface area contributed by atoms with E-state index in [1.165, 1.54) is 38.5 Å². The van der Waals surface area contributed by atoms with Crippen molar-refractivity contribution in [3.63, 3.8) is 0 Å². The molecule has 4 saturated carbocycles. The molecule has 0 saturated heterocycles. The number of aliphatic hydroxyl groups is 1. The molecule has 130 valence electrons. The Kier molecular flexibility index (Phi) is 4.38. The van der Waals surface area contributed by atoms with Crippen LogP contribution in [0.4, 0.5) is 0 Å². The summed E-state index contributed by atoms with van der Waals surface area (Å²) >= 11 is 0. The molecule has 1 unspecified atom stereocenters. The Bertz CT molecular complexity index is 547. The van der Waals surface area contributed by atoms with Gasteiger partial charge in [0.1, 0.15) is 0 Å². The first-order valence-electron chi connectivity index (χ1n) is 9.59. The molecule has 4 aliphatic carbocycles. The Morgan fingerprint density at radius 1 is 1.08 bits per heavy atom. The molecule has 1 amide bonds. The van der Waals surface area contributed by atoms with Crippen molar-refractivity contribution in [1.82, 2.24) is 5.32 Å². The maximum Gasteiger partial charge on any atom is 0.220 e. The van der Waals surface area contributed by atoms with E-state index in [-0.39, 0.29) is 11.3 Å². The number of carbonyl (C=O) groups excluding carboxylic acids is 1. The first-order valence-corrected chi connectivity index (χ1v) is 9.59. The summed E-state index contributed by atoms with van der Waals surface area (Å²) in [5, 5.41) is 13.2. The molecule has 1 aromatic rings. The van der Waals surface area contributed by atoms with Gasteiger partial charge < -0.3 is 10.4 Å². The SMILES string of the molecule is O=C(CC12CC3CC(CC(C3)C1)C2)NCC(O)Cc1ccccc1. The van der Waals surface area contributed by atoms with Crippen molar-refractivity contribution in [2.24, 2.45) is 23.2 Å². The fourth-order valence-corrected chi connectivity index (χ4v) is 6.10. The van der Waals surface area contributed by atoms with Gasteiger partial charge in [0, 0.05) is 19.4 Å². The van der Waals surface area contributed by atoms with E-state index in [9.17, 15) is 9.90 Å². The summed E-state index contributed by atoms with van der Waals surface area (Å²) in [4.78, 5) is 12.5. The molecular formula is C21H29NO2. The molecule has 3 nitrogen and oxygen atoms in total. The average molecular weight is 327 g/mol. The van der Waals surface area contributed by atoms with Crippen molar-refractivity contribution in [3.05, 3.63) is 35.9 Å². The molecule has 0 aromatic heterocycles. The number of benzene rings is 1. The normalized spacial score (nSPS) is 35.0. The summed E-state index contributed by atoms with van der Waals surface area (Å²) in [6.07, 6.45) is 8.79. The highest BCUT2D eigenvalue weighted by atomic mass is 16.3. The maximum atomic E-state index is 12.5. The third-order valence-electron chi connectivity index (χ3n) is 6.55. The lowest BCUT2D eigenvalue weighted by molar-refractivity contribution is -0.129. The van der Waals surface area contributed by atoms with Crippen LogP contribution in [0.25, 0.3) is 0 Å². The van der Waals surface area contributed by atoms with Crippen LogP contribution in [-0.2, 0) is 11.2 Å². The van der Waals surface area contributed by atoms with E-state index >= 15 is 0 Å². The summed E-state index contributed by atoms with van der Waals surface area (Å²) in [7, 11) is 0. The molecule has 5 rings (SSSR count). The predicted molar refractivity (Wildman–Crippen MR) is 94.4 cm³/mol. The average Bonchev–Trinajstić information content (AvgIpc) is 2.52. The third kappa shape index (κ3) is 3.51. The second-order valence-electron chi connectivity index (χ2n) is 8.74. The largest absolute Gasteiger partial charge is 0.391 e. The molecule has 1 aromatic carbocycles. The topological polar surface area (TPSA) is 49.3 Å². The van der Waals surface area contributed by atoms with Crippen LogP contribution in [0.1, 0.15) is 50.5 Å². The first-order chi connectivity index (χ1) is 11.6. The zero-order chi connectivity index (χ0) is 16.6. The minimum absolute atomic E-state index is 0.143. The standard InChI is InChI=1S/C21H29NO2/c23-19(9-15-4-2-1-3-5-15)14-22-20(24)13-21-10-16-6-17(11-21)8-18(7-16)12-21/h1-5,16-19,23H,6-14H2,(H,22,24). The van der Waals surface area contributed by atoms with Gasteiger partial charge in [0.05, 0.1) is 6.10 Å². The minimum Gasteiger partial charge on any atom is -0.391 e. The van der Waals surface area contributed by atoms with Crippen molar-refractivity contribution < 1.29 is 9.90 Å². The number of carbonyl (C=O) groups is 1. The van der Waals surface area contributed by atoms with E-state index in [2.05, 4.69) is 5.32 Å². The Labute approximate surface area is 144 Å². The van der Waals surface area contributed by atoms with Crippen LogP contribution in [0.2, 0.25) is 0 Å². The smallest absolute Gasteiger partial charge is 0.220 e. The van der Waals surface area contributed by atoms with Gasteiger partial charge in [-0.15, -0.1) is 0 Å². The lowest BCUT2D eigenvalue weighted by Gasteiger charge is -2.56. The molecule has 4 fully saturated rings. The summed E-state index contributed by atoms with van der Waals surface area (Å²) < 4.78 is 0. The zero-order valence-electron chi connectivity index (χ0n) is 14.4. The van der Waals surface area contributed by atoms with Crippen LogP contribution >= 0.6 is 0 Å². The van der Waals surface area contributed by atoms with Gasteiger partial charge in [0.2, 0.25) is 5.91 Å². The molecule has 4 bridgehead atoms. The first kappa shape index (κ1) is 16.1. The van der Waals surface area contributed by atoms with Gasteiger partial charge in [-0.05, 0) is 67.3 Å². The molecule has 0 heterocycles. The van der Waals surface area contributed by atoms with E-state index < -0.39 is 6.10 Å². The minimum atomic E-state index is -0.507. The zero-order valence-corrected chi connectivity index (χ0v) is 14.4. The molecule has 1 atom stereocenters. The number of hydrogen-bond donors (Lipinski definition) is 2. The highest BCUT2D eigenvalue weighted by Crippen LogP contribution is 2.61. The molecule has 24 heavy (non-hydrogen) atoms. The van der Waals surface area contributed by atoms with Crippen molar-refractivity contribution in [3.8, 4) is 0 Å². The summed E-state index contributed by atoms with van der Waals surface area (Å²) in [6, 6.07) is 9.96. The van der Waals surface area contributed by atoms with E-state index in [0.717, 1.165) is 23.3 Å². The fourth-order valence-electron chi connectivity index (χ4n) is 6.10. The Hall–Kier alpha value is -1.35. The molecule has 0 aliphatic heterocycles. The van der Waals surface area contributed by atoms with Crippen molar-refractivity contribution in [2.75, 3.05) is 6.54 Å². The van der Waals surface area contributed by atoms with Gasteiger partial charge in [-0.3, -0.25) is 4.79 Å². The van der Waals surface area contributed by atoms with Gasteiger partial charge >= 0.3 is 0 Å². The fraction of sp³-hybridized carbons (Fsp3) is 0.667. The molecule has 2 N–H and O–H groups in total. The van der Waals surface area contributed by atoms with Crippen LogP contribution < -0.4 is 5.32 Å².